The van der Waals surface area contributed by atoms with Crippen molar-refractivity contribution in [1.29, 1.82) is 0 Å². The van der Waals surface area contributed by atoms with Crippen LogP contribution < -0.4 is 16.0 Å². The number of ether oxygens (including phenoxy) is 1. The number of nitrogens with one attached hydrogen (secondary N) is 3. The highest BCUT2D eigenvalue weighted by Gasteiger charge is 2.16. The molecule has 0 aromatic heterocycles. The number of hydrogen-bond donors (Lipinski definition) is 3. The third-order valence-electron chi connectivity index (χ3n) is 3.43. The van der Waals surface area contributed by atoms with Gasteiger partial charge in [-0.15, -0.1) is 0 Å². The predicted octanol–water partition coefficient (Wildman–Crippen LogP) is 1.28. The summed E-state index contributed by atoms with van der Waals surface area (Å²) in [6.07, 6.45) is 0.390. The number of nitrogens with zero attached hydrogens (tertiary/aromatic N) is 1. The van der Waals surface area contributed by atoms with Crippen LogP contribution in [0.25, 0.3) is 0 Å². The van der Waals surface area contributed by atoms with Crippen LogP contribution in [-0.4, -0.2) is 44.7 Å². The quantitative estimate of drug-likeness (QED) is 0.498. The normalized spacial score (nSPS) is 11.9. The van der Waals surface area contributed by atoms with Gasteiger partial charge in [-0.3, -0.25) is 9.79 Å². The summed E-state index contributed by atoms with van der Waals surface area (Å²) in [6.45, 7) is 5.68. The van der Waals surface area contributed by atoms with Crippen molar-refractivity contribution in [1.82, 2.24) is 16.0 Å². The van der Waals surface area contributed by atoms with Crippen molar-refractivity contribution in [3.63, 3.8) is 0 Å². The molecular weight excluding hydrogens is 292 g/mol. The molecule has 0 aliphatic rings. The summed E-state index contributed by atoms with van der Waals surface area (Å²) >= 11 is 0. The summed E-state index contributed by atoms with van der Waals surface area (Å²) in [5.74, 6) is 0.667. The van der Waals surface area contributed by atoms with Gasteiger partial charge in [0.05, 0.1) is 5.60 Å². The number of guanidine groups is 1. The Hall–Kier alpha value is -2.08. The first-order valence-corrected chi connectivity index (χ1v) is 7.77. The lowest BCUT2D eigenvalue weighted by Gasteiger charge is -2.24. The molecule has 23 heavy (non-hydrogen) atoms. The summed E-state index contributed by atoms with van der Waals surface area (Å²) in [5, 5.41) is 9.19. The van der Waals surface area contributed by atoms with Crippen molar-refractivity contribution in [2.24, 2.45) is 4.99 Å². The highest BCUT2D eigenvalue weighted by atomic mass is 16.5. The molecule has 0 radical (unpaired) electrons. The molecule has 1 aromatic carbocycles. The molecule has 3 N–H and O–H groups in total. The van der Waals surface area contributed by atoms with Crippen LogP contribution in [0, 0.1) is 0 Å². The fourth-order valence-electron chi connectivity index (χ4n) is 1.77. The van der Waals surface area contributed by atoms with Crippen LogP contribution in [-0.2, 0) is 16.1 Å². The van der Waals surface area contributed by atoms with E-state index in [0.29, 0.717) is 32.0 Å². The molecule has 0 atom stereocenters. The van der Waals surface area contributed by atoms with Crippen LogP contribution in [0.15, 0.2) is 35.3 Å². The molecule has 128 valence electrons. The number of aliphatic imine (C=N–C) groups is 1. The molecule has 0 aliphatic heterocycles. The Labute approximate surface area is 138 Å². The standard InChI is InChI=1S/C17H28N4O2/c1-17(2,23-4)13-21-16(18-3)19-11-10-15(22)20-12-14-8-6-5-7-9-14/h5-9H,10-13H2,1-4H3,(H,20,22)(H2,18,19,21). The van der Waals surface area contributed by atoms with Gasteiger partial charge in [0.25, 0.3) is 0 Å². The lowest BCUT2D eigenvalue weighted by Crippen LogP contribution is -2.46. The highest BCUT2D eigenvalue weighted by Crippen LogP contribution is 2.04. The lowest BCUT2D eigenvalue weighted by atomic mass is 10.1. The minimum Gasteiger partial charge on any atom is -0.377 e. The van der Waals surface area contributed by atoms with Gasteiger partial charge >= 0.3 is 0 Å². The van der Waals surface area contributed by atoms with E-state index in [1.54, 1.807) is 14.2 Å². The zero-order valence-electron chi connectivity index (χ0n) is 14.5. The number of methoxy groups -OCH3 is 1. The third-order valence-corrected chi connectivity index (χ3v) is 3.43. The number of benzene rings is 1. The summed E-state index contributed by atoms with van der Waals surface area (Å²) in [5.41, 5.74) is 0.818. The molecule has 6 nitrogen and oxygen atoms in total. The van der Waals surface area contributed by atoms with Crippen molar-refractivity contribution < 1.29 is 9.53 Å². The highest BCUT2D eigenvalue weighted by molar-refractivity contribution is 5.81. The Morgan fingerprint density at radius 3 is 2.48 bits per heavy atom. The van der Waals surface area contributed by atoms with Gasteiger partial charge < -0.3 is 20.7 Å². The van der Waals surface area contributed by atoms with Gasteiger partial charge in [-0.05, 0) is 19.4 Å². The van der Waals surface area contributed by atoms with Crippen LogP contribution in [0.3, 0.4) is 0 Å². The summed E-state index contributed by atoms with van der Waals surface area (Å²) in [6, 6.07) is 9.85. The van der Waals surface area contributed by atoms with Gasteiger partial charge in [0.15, 0.2) is 5.96 Å². The molecule has 0 unspecified atom stereocenters. The van der Waals surface area contributed by atoms with E-state index in [1.807, 2.05) is 44.2 Å². The van der Waals surface area contributed by atoms with E-state index in [1.165, 1.54) is 0 Å². The first kappa shape index (κ1) is 19.0. The second-order valence-corrected chi connectivity index (χ2v) is 5.83. The smallest absolute Gasteiger partial charge is 0.222 e. The Morgan fingerprint density at radius 1 is 1.17 bits per heavy atom. The van der Waals surface area contributed by atoms with E-state index in [9.17, 15) is 4.79 Å². The molecule has 1 amide bonds. The maximum absolute atomic E-state index is 11.8. The van der Waals surface area contributed by atoms with Gasteiger partial charge in [-0.1, -0.05) is 30.3 Å². The Morgan fingerprint density at radius 2 is 1.87 bits per heavy atom. The van der Waals surface area contributed by atoms with Crippen molar-refractivity contribution >= 4 is 11.9 Å². The van der Waals surface area contributed by atoms with Crippen LogP contribution in [0.5, 0.6) is 0 Å². The molecule has 1 rings (SSSR count). The van der Waals surface area contributed by atoms with Gasteiger partial charge in [0.1, 0.15) is 0 Å². The van der Waals surface area contributed by atoms with E-state index in [-0.39, 0.29) is 11.5 Å². The van der Waals surface area contributed by atoms with Gasteiger partial charge in [-0.25, -0.2) is 0 Å². The number of carbonyl (C=O) groups excluding carboxylic acids is 1. The third kappa shape index (κ3) is 8.21. The molecule has 0 saturated carbocycles. The van der Waals surface area contributed by atoms with E-state index in [2.05, 4.69) is 20.9 Å². The molecule has 1 aromatic rings. The molecule has 0 fully saturated rings. The molecular formula is C17H28N4O2. The van der Waals surface area contributed by atoms with Crippen molar-refractivity contribution in [3.8, 4) is 0 Å². The maximum atomic E-state index is 11.8. The largest absolute Gasteiger partial charge is 0.377 e. The minimum absolute atomic E-state index is 0.00836. The van der Waals surface area contributed by atoms with Crippen LogP contribution in [0.2, 0.25) is 0 Å². The van der Waals surface area contributed by atoms with E-state index >= 15 is 0 Å². The maximum Gasteiger partial charge on any atom is 0.222 e. The fraction of sp³-hybridized carbons (Fsp3) is 0.529. The Balaban J connectivity index is 2.22. The number of amides is 1. The van der Waals surface area contributed by atoms with Crippen LogP contribution in [0.1, 0.15) is 25.8 Å². The van der Waals surface area contributed by atoms with Crippen molar-refractivity contribution in [2.75, 3.05) is 27.2 Å². The predicted molar refractivity (Wildman–Crippen MR) is 93.4 cm³/mol. The number of rotatable bonds is 8. The zero-order valence-corrected chi connectivity index (χ0v) is 14.5. The second-order valence-electron chi connectivity index (χ2n) is 5.83. The second kappa shape index (κ2) is 9.84. The van der Waals surface area contributed by atoms with Crippen molar-refractivity contribution in [2.45, 2.75) is 32.4 Å². The summed E-state index contributed by atoms with van der Waals surface area (Å²) < 4.78 is 5.34. The zero-order chi connectivity index (χ0) is 17.1. The lowest BCUT2D eigenvalue weighted by molar-refractivity contribution is -0.121. The Kier molecular flexibility index (Phi) is 8.11. The SMILES string of the molecule is CN=C(NCCC(=O)NCc1ccccc1)NCC(C)(C)OC. The summed E-state index contributed by atoms with van der Waals surface area (Å²) in [4.78, 5) is 15.9. The fourth-order valence-corrected chi connectivity index (χ4v) is 1.77. The summed E-state index contributed by atoms with van der Waals surface area (Å²) in [7, 11) is 3.37. The van der Waals surface area contributed by atoms with Gasteiger partial charge in [-0.2, -0.15) is 0 Å². The molecule has 0 bridgehead atoms. The van der Waals surface area contributed by atoms with E-state index < -0.39 is 0 Å². The molecule has 0 spiro atoms. The number of hydrogen-bond acceptors (Lipinski definition) is 3. The minimum atomic E-state index is -0.273. The monoisotopic (exact) mass is 320 g/mol. The van der Waals surface area contributed by atoms with Crippen molar-refractivity contribution in [3.05, 3.63) is 35.9 Å². The topological polar surface area (TPSA) is 74.8 Å². The Bertz CT molecular complexity index is 501. The van der Waals surface area contributed by atoms with Crippen LogP contribution in [0.4, 0.5) is 0 Å². The van der Waals surface area contributed by atoms with Gasteiger partial charge in [0.2, 0.25) is 5.91 Å². The average Bonchev–Trinajstić information content (AvgIpc) is 2.57. The average molecular weight is 320 g/mol. The van der Waals surface area contributed by atoms with Gasteiger partial charge in [0, 0.05) is 40.2 Å². The molecule has 0 aliphatic carbocycles. The number of carbonyl (C=O) groups is 1. The molecule has 6 heteroatoms. The first-order valence-electron chi connectivity index (χ1n) is 7.77. The molecule has 0 heterocycles. The first-order chi connectivity index (χ1) is 11.0. The van der Waals surface area contributed by atoms with E-state index in [4.69, 9.17) is 4.74 Å². The van der Waals surface area contributed by atoms with Crippen LogP contribution >= 0.6 is 0 Å². The van der Waals surface area contributed by atoms with E-state index in [0.717, 1.165) is 5.56 Å². The molecule has 0 saturated heterocycles.